The summed E-state index contributed by atoms with van der Waals surface area (Å²) >= 11 is 0. The van der Waals surface area contributed by atoms with Crippen molar-refractivity contribution in [3.63, 3.8) is 0 Å². The molecule has 0 unspecified atom stereocenters. The molecule has 4 amide bonds. The molecule has 1 aliphatic heterocycles. The fourth-order valence-corrected chi connectivity index (χ4v) is 3.32. The molecule has 0 aromatic carbocycles. The maximum atomic E-state index is 12.5. The molecular weight excluding hydrogens is 368 g/mol. The minimum Gasteiger partial charge on any atom is -0.454 e. The third-order valence-corrected chi connectivity index (χ3v) is 4.90. The van der Waals surface area contributed by atoms with Crippen molar-refractivity contribution in [2.24, 2.45) is 0 Å². The van der Waals surface area contributed by atoms with Crippen LogP contribution in [0.25, 0.3) is 0 Å². The van der Waals surface area contributed by atoms with Crippen molar-refractivity contribution in [3.05, 3.63) is 11.8 Å². The monoisotopic (exact) mass is 392 g/mol. The Hall–Kier alpha value is -2.91. The molecule has 28 heavy (non-hydrogen) atoms. The molecule has 10 heteroatoms. The number of hydrogen-bond acceptors (Lipinski definition) is 7. The van der Waals surface area contributed by atoms with E-state index in [1.54, 1.807) is 6.07 Å². The molecule has 2 aliphatic rings. The molecule has 0 atom stereocenters. The van der Waals surface area contributed by atoms with E-state index in [4.69, 9.17) is 9.26 Å². The number of urea groups is 1. The Balaban J connectivity index is 1.48. The second-order valence-electron chi connectivity index (χ2n) is 8.15. The first kappa shape index (κ1) is 19.8. The number of rotatable bonds is 5. The lowest BCUT2D eigenvalue weighted by Crippen LogP contribution is -2.44. The van der Waals surface area contributed by atoms with Gasteiger partial charge in [0.15, 0.2) is 6.61 Å². The highest BCUT2D eigenvalue weighted by Gasteiger charge is 2.52. The molecular formula is C18H24N4O6. The van der Waals surface area contributed by atoms with E-state index in [2.05, 4.69) is 15.8 Å². The number of nitrogens with zero attached hydrogens (tertiary/aromatic N) is 2. The van der Waals surface area contributed by atoms with E-state index >= 15 is 0 Å². The predicted molar refractivity (Wildman–Crippen MR) is 96.2 cm³/mol. The van der Waals surface area contributed by atoms with Gasteiger partial charge in [0.05, 0.1) is 5.69 Å². The van der Waals surface area contributed by atoms with Gasteiger partial charge in [-0.2, -0.15) is 0 Å². The topological polar surface area (TPSA) is 131 Å². The van der Waals surface area contributed by atoms with Crippen LogP contribution in [0.3, 0.4) is 0 Å². The molecule has 1 spiro atoms. The molecule has 152 valence electrons. The standard InChI is InChI=1S/C18H24N4O6/c1-17(2,3)11-8-13(28-21-11)19-12(23)10-27-14(24)9-22-15(25)18(20-16(22)26)6-4-5-7-18/h8H,4-7,9-10H2,1-3H3,(H,19,23)(H,20,26). The van der Waals surface area contributed by atoms with Gasteiger partial charge in [-0.3, -0.25) is 24.6 Å². The van der Waals surface area contributed by atoms with E-state index in [1.807, 2.05) is 20.8 Å². The lowest BCUT2D eigenvalue weighted by molar-refractivity contribution is -0.150. The van der Waals surface area contributed by atoms with E-state index in [-0.39, 0.29) is 11.3 Å². The number of anilines is 1. The van der Waals surface area contributed by atoms with Crippen LogP contribution in [0.1, 0.15) is 52.1 Å². The zero-order valence-electron chi connectivity index (χ0n) is 16.2. The first-order valence-electron chi connectivity index (χ1n) is 9.17. The molecule has 1 aromatic rings. The Kier molecular flexibility index (Phi) is 5.14. The first-order chi connectivity index (χ1) is 13.1. The van der Waals surface area contributed by atoms with Crippen molar-refractivity contribution in [1.82, 2.24) is 15.4 Å². The summed E-state index contributed by atoms with van der Waals surface area (Å²) in [7, 11) is 0. The van der Waals surface area contributed by atoms with E-state index in [0.717, 1.165) is 17.7 Å². The minimum absolute atomic E-state index is 0.142. The maximum absolute atomic E-state index is 12.5. The Morgan fingerprint density at radius 2 is 2.00 bits per heavy atom. The molecule has 1 saturated heterocycles. The average molecular weight is 392 g/mol. The van der Waals surface area contributed by atoms with Gasteiger partial charge in [0.25, 0.3) is 11.8 Å². The average Bonchev–Trinajstić information content (AvgIpc) is 3.31. The normalized spacial score (nSPS) is 18.5. The number of hydrogen-bond donors (Lipinski definition) is 2. The fraction of sp³-hybridized carbons (Fsp3) is 0.611. The number of amides is 4. The second-order valence-corrected chi connectivity index (χ2v) is 8.15. The highest BCUT2D eigenvalue weighted by atomic mass is 16.5. The van der Waals surface area contributed by atoms with Crippen LogP contribution in [0.15, 0.2) is 10.6 Å². The largest absolute Gasteiger partial charge is 0.454 e. The van der Waals surface area contributed by atoms with E-state index < -0.39 is 42.5 Å². The van der Waals surface area contributed by atoms with Crippen molar-refractivity contribution in [2.75, 3.05) is 18.5 Å². The van der Waals surface area contributed by atoms with Crippen molar-refractivity contribution in [3.8, 4) is 0 Å². The van der Waals surface area contributed by atoms with Gasteiger partial charge < -0.3 is 14.6 Å². The zero-order chi connectivity index (χ0) is 20.5. The van der Waals surface area contributed by atoms with Gasteiger partial charge >= 0.3 is 12.0 Å². The summed E-state index contributed by atoms with van der Waals surface area (Å²) in [4.78, 5) is 49.2. The maximum Gasteiger partial charge on any atom is 0.326 e. The van der Waals surface area contributed by atoms with E-state index in [1.165, 1.54) is 0 Å². The van der Waals surface area contributed by atoms with Crippen LogP contribution in [0.4, 0.5) is 10.7 Å². The Labute approximate surface area is 161 Å². The van der Waals surface area contributed by atoms with E-state index in [9.17, 15) is 19.2 Å². The number of imide groups is 1. The van der Waals surface area contributed by atoms with Crippen LogP contribution < -0.4 is 10.6 Å². The van der Waals surface area contributed by atoms with Crippen LogP contribution in [0.5, 0.6) is 0 Å². The summed E-state index contributed by atoms with van der Waals surface area (Å²) in [6, 6.07) is 0.984. The molecule has 2 fully saturated rings. The molecule has 1 saturated carbocycles. The highest BCUT2D eigenvalue weighted by Crippen LogP contribution is 2.34. The summed E-state index contributed by atoms with van der Waals surface area (Å²) in [5, 5.41) is 8.98. The third-order valence-electron chi connectivity index (χ3n) is 4.90. The number of carbonyl (C=O) groups excluding carboxylic acids is 4. The quantitative estimate of drug-likeness (QED) is 0.571. The molecule has 0 bridgehead atoms. The highest BCUT2D eigenvalue weighted by molar-refractivity contribution is 6.09. The molecule has 0 radical (unpaired) electrons. The number of esters is 1. The summed E-state index contributed by atoms with van der Waals surface area (Å²) in [6.45, 7) is 4.74. The smallest absolute Gasteiger partial charge is 0.326 e. The Morgan fingerprint density at radius 3 is 2.61 bits per heavy atom. The number of ether oxygens (including phenoxy) is 1. The van der Waals surface area contributed by atoms with Gasteiger partial charge in [-0.05, 0) is 12.8 Å². The fourth-order valence-electron chi connectivity index (χ4n) is 3.32. The lowest BCUT2D eigenvalue weighted by atomic mass is 9.92. The first-order valence-corrected chi connectivity index (χ1v) is 9.17. The van der Waals surface area contributed by atoms with Crippen molar-refractivity contribution < 1.29 is 28.4 Å². The van der Waals surface area contributed by atoms with Crippen molar-refractivity contribution in [2.45, 2.75) is 57.4 Å². The Bertz CT molecular complexity index is 803. The molecule has 10 nitrogen and oxygen atoms in total. The van der Waals surface area contributed by atoms with Gasteiger partial charge in [0, 0.05) is 11.5 Å². The van der Waals surface area contributed by atoms with Crippen LogP contribution in [0.2, 0.25) is 0 Å². The van der Waals surface area contributed by atoms with Crippen LogP contribution in [0, 0.1) is 0 Å². The Morgan fingerprint density at radius 1 is 1.32 bits per heavy atom. The van der Waals surface area contributed by atoms with Gasteiger partial charge in [-0.1, -0.05) is 38.8 Å². The van der Waals surface area contributed by atoms with Crippen molar-refractivity contribution in [1.29, 1.82) is 0 Å². The van der Waals surface area contributed by atoms with Crippen LogP contribution in [-0.2, 0) is 24.5 Å². The van der Waals surface area contributed by atoms with Gasteiger partial charge in [0.1, 0.15) is 12.1 Å². The predicted octanol–water partition coefficient (Wildman–Crippen LogP) is 1.32. The lowest BCUT2D eigenvalue weighted by Gasteiger charge is -2.19. The summed E-state index contributed by atoms with van der Waals surface area (Å²) in [5.41, 5.74) is -0.455. The summed E-state index contributed by atoms with van der Waals surface area (Å²) in [6.07, 6.45) is 2.84. The second kappa shape index (κ2) is 7.25. The van der Waals surface area contributed by atoms with Crippen LogP contribution >= 0.6 is 0 Å². The summed E-state index contributed by atoms with van der Waals surface area (Å²) in [5.74, 6) is -1.73. The van der Waals surface area contributed by atoms with Crippen LogP contribution in [-0.4, -0.2) is 52.6 Å². The van der Waals surface area contributed by atoms with Gasteiger partial charge in [0.2, 0.25) is 5.88 Å². The SMILES string of the molecule is CC(C)(C)c1cc(NC(=O)COC(=O)CN2C(=O)NC3(CCCC3)C2=O)on1. The molecule has 3 rings (SSSR count). The molecule has 2 N–H and O–H groups in total. The zero-order valence-corrected chi connectivity index (χ0v) is 16.2. The third kappa shape index (κ3) is 4.00. The van der Waals surface area contributed by atoms with Gasteiger partial charge in [-0.25, -0.2) is 4.79 Å². The molecule has 1 aromatic heterocycles. The molecule has 1 aliphatic carbocycles. The van der Waals surface area contributed by atoms with Gasteiger partial charge in [-0.15, -0.1) is 0 Å². The van der Waals surface area contributed by atoms with Crippen molar-refractivity contribution >= 4 is 29.7 Å². The number of carbonyl (C=O) groups is 4. The summed E-state index contributed by atoms with van der Waals surface area (Å²) < 4.78 is 9.90. The number of aromatic nitrogens is 1. The molecule has 2 heterocycles. The number of nitrogens with one attached hydrogen (secondary N) is 2. The minimum atomic E-state index is -0.883. The van der Waals surface area contributed by atoms with E-state index in [0.29, 0.717) is 18.5 Å².